The monoisotopic (exact) mass is 336 g/mol. The number of aromatic nitrogens is 2. The number of nitrogens with zero attached hydrogens (tertiary/aromatic N) is 2. The summed E-state index contributed by atoms with van der Waals surface area (Å²) in [5.74, 6) is -0.408. The molecule has 0 aliphatic rings. The number of carbonyl (C=O) groups is 1. The summed E-state index contributed by atoms with van der Waals surface area (Å²) in [5.41, 5.74) is 7.66. The average Bonchev–Trinajstić information content (AvgIpc) is 2.76. The van der Waals surface area contributed by atoms with Crippen LogP contribution in [0.15, 0.2) is 35.1 Å². The molecule has 0 fully saturated rings. The van der Waals surface area contributed by atoms with Crippen molar-refractivity contribution in [2.24, 2.45) is 5.73 Å². The van der Waals surface area contributed by atoms with Crippen molar-refractivity contribution in [1.29, 1.82) is 0 Å². The topological polar surface area (TPSA) is 72.9 Å². The number of nitrogens with one attached hydrogen (secondary N) is 1. The molecule has 2 rings (SSSR count). The molecule has 5 nitrogen and oxygen atoms in total. The van der Waals surface area contributed by atoms with Crippen molar-refractivity contribution < 1.29 is 4.79 Å². The number of halogens is 1. The maximum Gasteiger partial charge on any atom is 0.249 e. The number of aryl methyl sites for hydroxylation is 1. The fourth-order valence-electron chi connectivity index (χ4n) is 2.03. The Bertz CT molecular complexity index is 623. The third-order valence-electron chi connectivity index (χ3n) is 2.98. The SMILES string of the molecule is Cc1ccc(N[C@@H](C)Cn2cc(Br)cn2)cc1C(N)=O. The van der Waals surface area contributed by atoms with Gasteiger partial charge in [0.1, 0.15) is 0 Å². The summed E-state index contributed by atoms with van der Waals surface area (Å²) in [6.07, 6.45) is 3.67. The Balaban J connectivity index is 2.06. The van der Waals surface area contributed by atoms with Crippen LogP contribution in [0.2, 0.25) is 0 Å². The summed E-state index contributed by atoms with van der Waals surface area (Å²) < 4.78 is 2.81. The Morgan fingerprint density at radius 2 is 2.30 bits per heavy atom. The number of rotatable bonds is 5. The molecular weight excluding hydrogens is 320 g/mol. The second-order valence-electron chi connectivity index (χ2n) is 4.82. The maximum absolute atomic E-state index is 11.3. The maximum atomic E-state index is 11.3. The second-order valence-corrected chi connectivity index (χ2v) is 5.74. The van der Waals surface area contributed by atoms with Crippen LogP contribution in [-0.4, -0.2) is 21.7 Å². The van der Waals surface area contributed by atoms with E-state index < -0.39 is 5.91 Å². The van der Waals surface area contributed by atoms with Gasteiger partial charge in [-0.1, -0.05) is 6.07 Å². The van der Waals surface area contributed by atoms with Gasteiger partial charge in [-0.05, 0) is 47.5 Å². The highest BCUT2D eigenvalue weighted by molar-refractivity contribution is 9.10. The Morgan fingerprint density at radius 3 is 2.90 bits per heavy atom. The van der Waals surface area contributed by atoms with E-state index in [2.05, 4.69) is 33.3 Å². The van der Waals surface area contributed by atoms with Gasteiger partial charge in [-0.2, -0.15) is 5.10 Å². The molecular formula is C14H17BrN4O. The molecule has 0 spiro atoms. The zero-order chi connectivity index (χ0) is 14.7. The Morgan fingerprint density at radius 1 is 1.55 bits per heavy atom. The zero-order valence-electron chi connectivity index (χ0n) is 11.4. The first-order valence-electron chi connectivity index (χ1n) is 6.30. The van der Waals surface area contributed by atoms with Crippen LogP contribution in [0.25, 0.3) is 0 Å². The van der Waals surface area contributed by atoms with Gasteiger partial charge in [0.15, 0.2) is 0 Å². The van der Waals surface area contributed by atoms with Crippen LogP contribution in [0.5, 0.6) is 0 Å². The van der Waals surface area contributed by atoms with E-state index in [0.717, 1.165) is 22.3 Å². The minimum absolute atomic E-state index is 0.172. The van der Waals surface area contributed by atoms with Gasteiger partial charge in [-0.3, -0.25) is 9.48 Å². The largest absolute Gasteiger partial charge is 0.381 e. The summed E-state index contributed by atoms with van der Waals surface area (Å²) in [6.45, 7) is 4.65. The van der Waals surface area contributed by atoms with Gasteiger partial charge < -0.3 is 11.1 Å². The zero-order valence-corrected chi connectivity index (χ0v) is 13.0. The molecule has 1 aromatic heterocycles. The fraction of sp³-hybridized carbons (Fsp3) is 0.286. The van der Waals surface area contributed by atoms with Crippen molar-refractivity contribution in [2.45, 2.75) is 26.4 Å². The molecule has 0 saturated carbocycles. The molecule has 0 aliphatic heterocycles. The van der Waals surface area contributed by atoms with Crippen LogP contribution in [-0.2, 0) is 6.54 Å². The first-order chi connectivity index (χ1) is 9.45. The molecule has 2 aromatic rings. The van der Waals surface area contributed by atoms with Gasteiger partial charge in [0.05, 0.1) is 17.2 Å². The summed E-state index contributed by atoms with van der Waals surface area (Å²) in [6, 6.07) is 5.79. The van der Waals surface area contributed by atoms with Crippen molar-refractivity contribution >= 4 is 27.5 Å². The van der Waals surface area contributed by atoms with E-state index in [1.165, 1.54) is 0 Å². The number of benzene rings is 1. The molecule has 0 saturated heterocycles. The predicted molar refractivity (Wildman–Crippen MR) is 82.7 cm³/mol. The molecule has 1 heterocycles. The van der Waals surface area contributed by atoms with E-state index in [-0.39, 0.29) is 6.04 Å². The fourth-order valence-corrected chi connectivity index (χ4v) is 2.35. The van der Waals surface area contributed by atoms with Gasteiger partial charge >= 0.3 is 0 Å². The van der Waals surface area contributed by atoms with Crippen molar-refractivity contribution in [3.05, 3.63) is 46.2 Å². The lowest BCUT2D eigenvalue weighted by Crippen LogP contribution is -2.22. The average molecular weight is 337 g/mol. The van der Waals surface area contributed by atoms with Gasteiger partial charge in [-0.15, -0.1) is 0 Å². The predicted octanol–water partition coefficient (Wildman–Crippen LogP) is 2.55. The number of carbonyl (C=O) groups excluding carboxylic acids is 1. The Labute approximate surface area is 126 Å². The summed E-state index contributed by atoms with van der Waals surface area (Å²) in [4.78, 5) is 11.3. The van der Waals surface area contributed by atoms with Crippen LogP contribution in [0, 0.1) is 6.92 Å². The molecule has 6 heteroatoms. The van der Waals surface area contributed by atoms with E-state index in [1.807, 2.05) is 29.9 Å². The molecule has 1 amide bonds. The Kier molecular flexibility index (Phi) is 4.44. The van der Waals surface area contributed by atoms with Crippen molar-refractivity contribution in [3.63, 3.8) is 0 Å². The lowest BCUT2D eigenvalue weighted by molar-refractivity contribution is 0.1000. The molecule has 1 atom stereocenters. The lowest BCUT2D eigenvalue weighted by Gasteiger charge is -2.16. The number of anilines is 1. The number of primary amides is 1. The van der Waals surface area contributed by atoms with Gasteiger partial charge in [0, 0.05) is 23.5 Å². The standard InChI is InChI=1S/C14H17BrN4O/c1-9-3-4-12(5-13(9)14(16)20)18-10(2)7-19-8-11(15)6-17-19/h3-6,8,10,18H,7H2,1-2H3,(H2,16,20)/t10-/m0/s1. The van der Waals surface area contributed by atoms with Crippen LogP contribution in [0.4, 0.5) is 5.69 Å². The number of nitrogens with two attached hydrogens (primary N) is 1. The molecule has 0 radical (unpaired) electrons. The third kappa shape index (κ3) is 3.60. The number of hydrogen-bond donors (Lipinski definition) is 2. The molecule has 1 aromatic carbocycles. The van der Waals surface area contributed by atoms with Gasteiger partial charge in [0.2, 0.25) is 5.91 Å². The highest BCUT2D eigenvalue weighted by Gasteiger charge is 2.08. The van der Waals surface area contributed by atoms with E-state index in [1.54, 1.807) is 12.3 Å². The number of amides is 1. The van der Waals surface area contributed by atoms with Crippen LogP contribution in [0.3, 0.4) is 0 Å². The summed E-state index contributed by atoms with van der Waals surface area (Å²) >= 11 is 3.37. The first kappa shape index (κ1) is 14.6. The van der Waals surface area contributed by atoms with Gasteiger partial charge in [0.25, 0.3) is 0 Å². The normalized spacial score (nSPS) is 12.2. The lowest BCUT2D eigenvalue weighted by atomic mass is 10.1. The summed E-state index contributed by atoms with van der Waals surface area (Å²) in [5, 5.41) is 7.55. The Hall–Kier alpha value is -1.82. The van der Waals surface area contributed by atoms with E-state index in [4.69, 9.17) is 5.73 Å². The second kappa shape index (κ2) is 6.09. The molecule has 106 valence electrons. The van der Waals surface area contributed by atoms with Crippen LogP contribution >= 0.6 is 15.9 Å². The van der Waals surface area contributed by atoms with Crippen molar-refractivity contribution in [2.75, 3.05) is 5.32 Å². The van der Waals surface area contributed by atoms with E-state index in [0.29, 0.717) is 5.56 Å². The smallest absolute Gasteiger partial charge is 0.249 e. The van der Waals surface area contributed by atoms with E-state index in [9.17, 15) is 4.79 Å². The minimum Gasteiger partial charge on any atom is -0.381 e. The molecule has 0 aliphatic carbocycles. The molecule has 3 N–H and O–H groups in total. The van der Waals surface area contributed by atoms with Crippen molar-refractivity contribution in [1.82, 2.24) is 9.78 Å². The molecule has 20 heavy (non-hydrogen) atoms. The van der Waals surface area contributed by atoms with Crippen LogP contribution < -0.4 is 11.1 Å². The first-order valence-corrected chi connectivity index (χ1v) is 7.10. The van der Waals surface area contributed by atoms with Gasteiger partial charge in [-0.25, -0.2) is 0 Å². The summed E-state index contributed by atoms with van der Waals surface area (Å²) in [7, 11) is 0. The molecule has 0 unspecified atom stereocenters. The van der Waals surface area contributed by atoms with E-state index >= 15 is 0 Å². The highest BCUT2D eigenvalue weighted by atomic mass is 79.9. The van der Waals surface area contributed by atoms with Crippen molar-refractivity contribution in [3.8, 4) is 0 Å². The number of hydrogen-bond acceptors (Lipinski definition) is 3. The quantitative estimate of drug-likeness (QED) is 0.881. The minimum atomic E-state index is -0.408. The van der Waals surface area contributed by atoms with Crippen LogP contribution in [0.1, 0.15) is 22.8 Å². The molecule has 0 bridgehead atoms. The third-order valence-corrected chi connectivity index (χ3v) is 3.39. The highest BCUT2D eigenvalue weighted by Crippen LogP contribution is 2.16.